The van der Waals surface area contributed by atoms with Gasteiger partial charge >= 0.3 is 5.97 Å². The van der Waals surface area contributed by atoms with Crippen molar-refractivity contribution in [2.24, 2.45) is 0 Å². The van der Waals surface area contributed by atoms with Gasteiger partial charge in [0.15, 0.2) is 6.07 Å². The molecule has 0 aliphatic heterocycles. The zero-order valence-electron chi connectivity index (χ0n) is 8.33. The molecule has 0 fully saturated rings. The summed E-state index contributed by atoms with van der Waals surface area (Å²) < 4.78 is 13.4. The SMILES string of the molecule is N#CC#Cc1ccc(CCC(=O)O)c(F)c1. The molecule has 0 saturated heterocycles. The second-order valence-corrected chi connectivity index (χ2v) is 3.06. The van der Waals surface area contributed by atoms with Crippen LogP contribution in [0, 0.1) is 29.0 Å². The van der Waals surface area contributed by atoms with Crippen molar-refractivity contribution in [3.05, 3.63) is 35.1 Å². The van der Waals surface area contributed by atoms with E-state index < -0.39 is 11.8 Å². The van der Waals surface area contributed by atoms with Gasteiger partial charge in [-0.15, -0.1) is 0 Å². The van der Waals surface area contributed by atoms with Gasteiger partial charge in [0.1, 0.15) is 5.82 Å². The lowest BCUT2D eigenvalue weighted by atomic mass is 10.1. The summed E-state index contributed by atoms with van der Waals surface area (Å²) in [5.74, 6) is 3.16. The third kappa shape index (κ3) is 3.43. The number of nitrogens with zero attached hydrogens (tertiary/aromatic N) is 1. The van der Waals surface area contributed by atoms with Crippen LogP contribution in [0.4, 0.5) is 4.39 Å². The van der Waals surface area contributed by atoms with Gasteiger partial charge in [0.25, 0.3) is 0 Å². The van der Waals surface area contributed by atoms with Crippen LogP contribution in [-0.2, 0) is 11.2 Å². The van der Waals surface area contributed by atoms with E-state index in [2.05, 4.69) is 11.8 Å². The molecule has 16 heavy (non-hydrogen) atoms. The Labute approximate surface area is 92.1 Å². The van der Waals surface area contributed by atoms with Crippen molar-refractivity contribution in [3.8, 4) is 17.9 Å². The Morgan fingerprint density at radius 1 is 1.50 bits per heavy atom. The van der Waals surface area contributed by atoms with Gasteiger partial charge in [0, 0.05) is 17.9 Å². The van der Waals surface area contributed by atoms with Crippen LogP contribution in [0.1, 0.15) is 17.5 Å². The number of carbonyl (C=O) groups is 1. The van der Waals surface area contributed by atoms with Crippen molar-refractivity contribution in [3.63, 3.8) is 0 Å². The molecular formula is C12H8FNO2. The highest BCUT2D eigenvalue weighted by atomic mass is 19.1. The molecule has 0 aromatic heterocycles. The molecule has 0 aliphatic rings. The van der Waals surface area contributed by atoms with Crippen molar-refractivity contribution in [1.29, 1.82) is 5.26 Å². The first-order valence-corrected chi connectivity index (χ1v) is 4.54. The van der Waals surface area contributed by atoms with E-state index in [0.29, 0.717) is 11.1 Å². The third-order valence-corrected chi connectivity index (χ3v) is 1.92. The highest BCUT2D eigenvalue weighted by Gasteiger charge is 2.05. The van der Waals surface area contributed by atoms with Crippen LogP contribution in [0.3, 0.4) is 0 Å². The largest absolute Gasteiger partial charge is 0.481 e. The maximum Gasteiger partial charge on any atom is 0.303 e. The first-order chi connectivity index (χ1) is 7.63. The van der Waals surface area contributed by atoms with Crippen LogP contribution in [-0.4, -0.2) is 11.1 Å². The van der Waals surface area contributed by atoms with E-state index in [1.54, 1.807) is 12.1 Å². The van der Waals surface area contributed by atoms with Crippen LogP contribution in [0.25, 0.3) is 0 Å². The molecule has 1 rings (SSSR count). The highest BCUT2D eigenvalue weighted by molar-refractivity contribution is 5.67. The number of carboxylic acid groups (broad SMARTS) is 1. The van der Waals surface area contributed by atoms with E-state index in [0.717, 1.165) is 0 Å². The first-order valence-electron chi connectivity index (χ1n) is 4.54. The minimum Gasteiger partial charge on any atom is -0.481 e. The van der Waals surface area contributed by atoms with Crippen LogP contribution in [0.5, 0.6) is 0 Å². The molecular weight excluding hydrogens is 209 g/mol. The van der Waals surface area contributed by atoms with Gasteiger partial charge in [0.2, 0.25) is 0 Å². The molecule has 1 aromatic carbocycles. The molecule has 0 radical (unpaired) electrons. The van der Waals surface area contributed by atoms with Crippen molar-refractivity contribution >= 4 is 5.97 Å². The summed E-state index contributed by atoms with van der Waals surface area (Å²) in [4.78, 5) is 10.3. The Hall–Kier alpha value is -2.33. The maximum atomic E-state index is 13.4. The predicted molar refractivity (Wildman–Crippen MR) is 54.8 cm³/mol. The monoisotopic (exact) mass is 217 g/mol. The van der Waals surface area contributed by atoms with Gasteiger partial charge in [-0.25, -0.2) is 4.39 Å². The minimum atomic E-state index is -0.965. The van der Waals surface area contributed by atoms with Gasteiger partial charge in [-0.2, -0.15) is 5.26 Å². The molecule has 0 saturated carbocycles. The molecule has 1 aromatic rings. The fraction of sp³-hybridized carbons (Fsp3) is 0.167. The minimum absolute atomic E-state index is 0.111. The first kappa shape index (κ1) is 11.7. The van der Waals surface area contributed by atoms with Crippen molar-refractivity contribution in [2.75, 3.05) is 0 Å². The van der Waals surface area contributed by atoms with Crippen molar-refractivity contribution in [1.82, 2.24) is 0 Å². The number of nitriles is 1. The second-order valence-electron chi connectivity index (χ2n) is 3.06. The fourth-order valence-electron chi connectivity index (χ4n) is 1.17. The Balaban J connectivity index is 2.84. The standard InChI is InChI=1S/C12H8FNO2/c13-11-8-9(2-1-7-14)3-4-10(11)5-6-12(15)16/h3-4,8H,5-6H2,(H,15,16). The summed E-state index contributed by atoms with van der Waals surface area (Å²) in [7, 11) is 0. The Morgan fingerprint density at radius 3 is 2.81 bits per heavy atom. The number of aryl methyl sites for hydroxylation is 1. The van der Waals surface area contributed by atoms with Gasteiger partial charge in [-0.3, -0.25) is 4.79 Å². The van der Waals surface area contributed by atoms with Gasteiger partial charge in [-0.05, 0) is 24.1 Å². The third-order valence-electron chi connectivity index (χ3n) is 1.92. The summed E-state index contributed by atoms with van der Waals surface area (Å²) in [6.07, 6.45) is 0.0350. The Morgan fingerprint density at radius 2 is 2.25 bits per heavy atom. The Kier molecular flexibility index (Phi) is 4.06. The fourth-order valence-corrected chi connectivity index (χ4v) is 1.17. The molecule has 0 aliphatic carbocycles. The number of aliphatic carboxylic acids is 1. The lowest BCUT2D eigenvalue weighted by Crippen LogP contribution is -1.99. The zero-order valence-corrected chi connectivity index (χ0v) is 8.33. The number of rotatable bonds is 3. The summed E-state index contributed by atoms with van der Waals surface area (Å²) in [6, 6.07) is 5.87. The molecule has 1 N–H and O–H groups in total. The number of carboxylic acids is 1. The highest BCUT2D eigenvalue weighted by Crippen LogP contribution is 2.11. The quantitative estimate of drug-likeness (QED) is 0.784. The molecule has 4 heteroatoms. The second kappa shape index (κ2) is 5.53. The predicted octanol–water partition coefficient (Wildman–Crippen LogP) is 1.72. The maximum absolute atomic E-state index is 13.4. The van der Waals surface area contributed by atoms with E-state index in [-0.39, 0.29) is 12.8 Å². The van der Waals surface area contributed by atoms with Crippen molar-refractivity contribution in [2.45, 2.75) is 12.8 Å². The van der Waals surface area contributed by atoms with E-state index in [9.17, 15) is 9.18 Å². The molecule has 0 heterocycles. The smallest absolute Gasteiger partial charge is 0.303 e. The Bertz CT molecular complexity index is 506. The number of hydrogen-bond donors (Lipinski definition) is 1. The molecule has 0 bridgehead atoms. The lowest BCUT2D eigenvalue weighted by molar-refractivity contribution is -0.136. The van der Waals surface area contributed by atoms with Gasteiger partial charge < -0.3 is 5.11 Å². The van der Waals surface area contributed by atoms with Crippen LogP contribution in [0.2, 0.25) is 0 Å². The van der Waals surface area contributed by atoms with E-state index in [1.807, 2.05) is 0 Å². The van der Waals surface area contributed by atoms with Crippen LogP contribution >= 0.6 is 0 Å². The average molecular weight is 217 g/mol. The summed E-state index contributed by atoms with van der Waals surface area (Å²) >= 11 is 0. The van der Waals surface area contributed by atoms with E-state index in [4.69, 9.17) is 10.4 Å². The molecule has 0 spiro atoms. The lowest BCUT2D eigenvalue weighted by Gasteiger charge is -2.01. The van der Waals surface area contributed by atoms with Crippen LogP contribution < -0.4 is 0 Å². The molecule has 0 atom stereocenters. The number of benzene rings is 1. The number of halogens is 1. The van der Waals surface area contributed by atoms with Gasteiger partial charge in [-0.1, -0.05) is 12.0 Å². The summed E-state index contributed by atoms with van der Waals surface area (Å²) in [5, 5.41) is 16.7. The zero-order chi connectivity index (χ0) is 12.0. The van der Waals surface area contributed by atoms with Crippen LogP contribution in [0.15, 0.2) is 18.2 Å². The van der Waals surface area contributed by atoms with Crippen molar-refractivity contribution < 1.29 is 14.3 Å². The average Bonchev–Trinajstić information content (AvgIpc) is 2.24. The van der Waals surface area contributed by atoms with E-state index in [1.165, 1.54) is 12.1 Å². The topological polar surface area (TPSA) is 61.1 Å². The summed E-state index contributed by atoms with van der Waals surface area (Å²) in [5.41, 5.74) is 0.739. The summed E-state index contributed by atoms with van der Waals surface area (Å²) in [6.45, 7) is 0. The van der Waals surface area contributed by atoms with Gasteiger partial charge in [0.05, 0.1) is 0 Å². The normalized spacial score (nSPS) is 8.75. The molecule has 3 nitrogen and oxygen atoms in total. The number of hydrogen-bond acceptors (Lipinski definition) is 2. The molecule has 0 amide bonds. The van der Waals surface area contributed by atoms with E-state index >= 15 is 0 Å². The molecule has 80 valence electrons. The molecule has 0 unspecified atom stereocenters.